The van der Waals surface area contributed by atoms with Crippen molar-refractivity contribution in [3.05, 3.63) is 22.4 Å². The molecule has 0 aliphatic carbocycles. The largest absolute Gasteiger partial charge is 0.355 e. The molecular weight excluding hydrogens is 407 g/mol. The van der Waals surface area contributed by atoms with Gasteiger partial charge in [-0.25, -0.2) is 0 Å². The predicted molar refractivity (Wildman–Crippen MR) is 107 cm³/mol. The van der Waals surface area contributed by atoms with Gasteiger partial charge < -0.3 is 10.6 Å². The molecule has 1 fully saturated rings. The summed E-state index contributed by atoms with van der Waals surface area (Å²) in [4.78, 5) is 6.92. The van der Waals surface area contributed by atoms with E-state index in [0.29, 0.717) is 12.1 Å². The van der Waals surface area contributed by atoms with Crippen LogP contribution in [0.25, 0.3) is 0 Å². The molecule has 0 aromatic carbocycles. The van der Waals surface area contributed by atoms with Crippen molar-refractivity contribution < 1.29 is 0 Å². The Bertz CT molecular complexity index is 435. The molecule has 1 aliphatic rings. The van der Waals surface area contributed by atoms with E-state index in [0.717, 1.165) is 19.0 Å². The van der Waals surface area contributed by atoms with Crippen LogP contribution in [-0.4, -0.2) is 43.1 Å². The van der Waals surface area contributed by atoms with Crippen LogP contribution in [-0.2, 0) is 6.54 Å². The van der Waals surface area contributed by atoms with E-state index < -0.39 is 0 Å². The first-order valence-corrected chi connectivity index (χ1v) is 8.86. The van der Waals surface area contributed by atoms with Crippen LogP contribution in [0.3, 0.4) is 0 Å². The maximum absolute atomic E-state index is 4.30. The number of hydrogen-bond acceptors (Lipinski definition) is 3. The number of nitrogens with one attached hydrogen (secondary N) is 2. The number of piperidine rings is 1. The van der Waals surface area contributed by atoms with Gasteiger partial charge in [0.1, 0.15) is 0 Å². The van der Waals surface area contributed by atoms with Crippen molar-refractivity contribution in [2.75, 3.05) is 20.1 Å². The maximum Gasteiger partial charge on any atom is 0.191 e. The van der Waals surface area contributed by atoms with E-state index in [1.807, 2.05) is 7.05 Å². The SMILES string of the molecule is CN=C(NCc1ccsc1)NCC(C)N1CCCCC1C.I. The Morgan fingerprint density at radius 3 is 2.91 bits per heavy atom. The fourth-order valence-corrected chi connectivity index (χ4v) is 3.61. The number of thiophene rings is 1. The molecule has 4 nitrogen and oxygen atoms in total. The van der Waals surface area contributed by atoms with Crippen LogP contribution in [0.1, 0.15) is 38.7 Å². The Morgan fingerprint density at radius 1 is 1.45 bits per heavy atom. The average Bonchev–Trinajstić information content (AvgIpc) is 3.01. The Hall–Kier alpha value is -0.340. The van der Waals surface area contributed by atoms with E-state index in [9.17, 15) is 0 Å². The van der Waals surface area contributed by atoms with Crippen molar-refractivity contribution in [3.63, 3.8) is 0 Å². The number of aliphatic imine (C=N–C) groups is 1. The lowest BCUT2D eigenvalue weighted by Gasteiger charge is -2.38. The molecule has 2 N–H and O–H groups in total. The lowest BCUT2D eigenvalue weighted by molar-refractivity contribution is 0.115. The number of nitrogens with zero attached hydrogens (tertiary/aromatic N) is 2. The summed E-state index contributed by atoms with van der Waals surface area (Å²) in [5.74, 6) is 0.887. The van der Waals surface area contributed by atoms with Gasteiger partial charge in [-0.2, -0.15) is 11.3 Å². The van der Waals surface area contributed by atoms with E-state index in [4.69, 9.17) is 0 Å². The molecular formula is C16H29IN4S. The molecule has 0 radical (unpaired) electrons. The highest BCUT2D eigenvalue weighted by molar-refractivity contribution is 14.0. The van der Waals surface area contributed by atoms with Crippen LogP contribution in [0.5, 0.6) is 0 Å². The number of rotatable bonds is 5. The zero-order valence-electron chi connectivity index (χ0n) is 13.8. The van der Waals surface area contributed by atoms with Crippen LogP contribution in [0.15, 0.2) is 21.8 Å². The zero-order chi connectivity index (χ0) is 15.1. The average molecular weight is 436 g/mol. The van der Waals surface area contributed by atoms with Gasteiger partial charge in [-0.05, 0) is 55.6 Å². The fourth-order valence-electron chi connectivity index (χ4n) is 2.94. The van der Waals surface area contributed by atoms with Crippen LogP contribution in [0.4, 0.5) is 0 Å². The summed E-state index contributed by atoms with van der Waals surface area (Å²) in [6.45, 7) is 7.65. The van der Waals surface area contributed by atoms with Crippen LogP contribution >= 0.6 is 35.3 Å². The third kappa shape index (κ3) is 6.04. The summed E-state index contributed by atoms with van der Waals surface area (Å²) < 4.78 is 0. The van der Waals surface area contributed by atoms with Gasteiger partial charge in [-0.15, -0.1) is 24.0 Å². The smallest absolute Gasteiger partial charge is 0.191 e. The van der Waals surface area contributed by atoms with Gasteiger partial charge in [-0.1, -0.05) is 6.42 Å². The molecule has 1 aliphatic heterocycles. The number of likely N-dealkylation sites (tertiary alicyclic amines) is 1. The molecule has 2 atom stereocenters. The molecule has 2 unspecified atom stereocenters. The van der Waals surface area contributed by atoms with Crippen molar-refractivity contribution >= 4 is 41.3 Å². The van der Waals surface area contributed by atoms with Gasteiger partial charge >= 0.3 is 0 Å². The summed E-state index contributed by atoms with van der Waals surface area (Å²) in [6, 6.07) is 3.39. The van der Waals surface area contributed by atoms with E-state index in [-0.39, 0.29) is 24.0 Å². The minimum atomic E-state index is 0. The minimum absolute atomic E-state index is 0. The highest BCUT2D eigenvalue weighted by Crippen LogP contribution is 2.18. The molecule has 22 heavy (non-hydrogen) atoms. The number of guanidine groups is 1. The zero-order valence-corrected chi connectivity index (χ0v) is 17.0. The second kappa shape index (κ2) is 10.4. The second-order valence-electron chi connectivity index (χ2n) is 5.87. The molecule has 0 spiro atoms. The Kier molecular flexibility index (Phi) is 9.35. The fraction of sp³-hybridized carbons (Fsp3) is 0.688. The van der Waals surface area contributed by atoms with Crippen LogP contribution in [0, 0.1) is 0 Å². The van der Waals surface area contributed by atoms with Crippen molar-refractivity contribution in [2.24, 2.45) is 4.99 Å². The number of hydrogen-bond donors (Lipinski definition) is 2. The van der Waals surface area contributed by atoms with Crippen molar-refractivity contribution in [1.29, 1.82) is 0 Å². The lowest BCUT2D eigenvalue weighted by atomic mass is 10.0. The van der Waals surface area contributed by atoms with Gasteiger partial charge in [0.25, 0.3) is 0 Å². The highest BCUT2D eigenvalue weighted by atomic mass is 127. The van der Waals surface area contributed by atoms with Crippen molar-refractivity contribution in [3.8, 4) is 0 Å². The first-order chi connectivity index (χ1) is 10.2. The van der Waals surface area contributed by atoms with E-state index >= 15 is 0 Å². The molecule has 6 heteroatoms. The quantitative estimate of drug-likeness (QED) is 0.423. The Balaban J connectivity index is 0.00000242. The summed E-state index contributed by atoms with van der Waals surface area (Å²) in [7, 11) is 1.83. The van der Waals surface area contributed by atoms with Crippen molar-refractivity contribution in [1.82, 2.24) is 15.5 Å². The van der Waals surface area contributed by atoms with Gasteiger partial charge in [0.2, 0.25) is 0 Å². The second-order valence-corrected chi connectivity index (χ2v) is 6.65. The van der Waals surface area contributed by atoms with Gasteiger partial charge in [0, 0.05) is 32.2 Å². The van der Waals surface area contributed by atoms with Gasteiger partial charge in [-0.3, -0.25) is 9.89 Å². The third-order valence-corrected chi connectivity index (χ3v) is 4.98. The monoisotopic (exact) mass is 436 g/mol. The summed E-state index contributed by atoms with van der Waals surface area (Å²) in [5.41, 5.74) is 1.31. The topological polar surface area (TPSA) is 39.7 Å². The van der Waals surface area contributed by atoms with Crippen molar-refractivity contribution in [2.45, 2.75) is 51.7 Å². The minimum Gasteiger partial charge on any atom is -0.355 e. The number of halogens is 1. The summed E-state index contributed by atoms with van der Waals surface area (Å²) in [6.07, 6.45) is 4.04. The molecule has 2 rings (SSSR count). The van der Waals surface area contributed by atoms with E-state index in [1.165, 1.54) is 31.4 Å². The van der Waals surface area contributed by atoms with Crippen LogP contribution < -0.4 is 10.6 Å². The molecule has 0 amide bonds. The molecule has 0 saturated carbocycles. The normalized spacial score (nSPS) is 21.0. The lowest BCUT2D eigenvalue weighted by Crippen LogP contribution is -2.50. The summed E-state index contributed by atoms with van der Waals surface area (Å²) >= 11 is 1.73. The summed E-state index contributed by atoms with van der Waals surface area (Å²) in [5, 5.41) is 11.1. The first-order valence-electron chi connectivity index (χ1n) is 7.92. The van der Waals surface area contributed by atoms with Gasteiger partial charge in [0.15, 0.2) is 5.96 Å². The molecule has 2 heterocycles. The maximum atomic E-state index is 4.30. The standard InChI is InChI=1S/C16H28N4S.HI/c1-13-6-4-5-8-20(13)14(2)10-18-16(17-3)19-11-15-7-9-21-12-15;/h7,9,12-14H,4-6,8,10-11H2,1-3H3,(H2,17,18,19);1H. The Labute approximate surface area is 155 Å². The molecule has 0 bridgehead atoms. The third-order valence-electron chi connectivity index (χ3n) is 4.25. The predicted octanol–water partition coefficient (Wildman–Crippen LogP) is 3.29. The highest BCUT2D eigenvalue weighted by Gasteiger charge is 2.22. The Morgan fingerprint density at radius 2 is 2.27 bits per heavy atom. The first kappa shape index (κ1) is 19.7. The van der Waals surface area contributed by atoms with Crippen LogP contribution in [0.2, 0.25) is 0 Å². The molecule has 1 aromatic rings. The molecule has 126 valence electrons. The molecule has 1 aromatic heterocycles. The van der Waals surface area contributed by atoms with E-state index in [2.05, 4.69) is 51.2 Å². The molecule has 1 saturated heterocycles. The van der Waals surface area contributed by atoms with Gasteiger partial charge in [0.05, 0.1) is 0 Å². The van der Waals surface area contributed by atoms with E-state index in [1.54, 1.807) is 11.3 Å².